The van der Waals surface area contributed by atoms with E-state index in [1.54, 1.807) is 0 Å². The minimum Gasteiger partial charge on any atom is -0.458 e. The van der Waals surface area contributed by atoms with E-state index in [0.717, 1.165) is 51.4 Å². The number of fused-ring (bicyclic) bond motifs is 5. The van der Waals surface area contributed by atoms with Crippen molar-refractivity contribution in [1.29, 1.82) is 0 Å². The lowest BCUT2D eigenvalue weighted by Crippen LogP contribution is -2.51. The molecule has 1 aromatic carbocycles. The van der Waals surface area contributed by atoms with E-state index in [9.17, 15) is 19.8 Å². The van der Waals surface area contributed by atoms with E-state index < -0.39 is 10.9 Å². The first-order chi connectivity index (χ1) is 15.8. The molecule has 3 fully saturated rings. The smallest absolute Gasteiger partial charge is 0.338 e. The Kier molecular flexibility index (Phi) is 5.41. The van der Waals surface area contributed by atoms with Gasteiger partial charge in [0.15, 0.2) is 0 Å². The molecular weight excluding hydrogens is 420 g/mol. The fourth-order valence-corrected chi connectivity index (χ4v) is 7.81. The van der Waals surface area contributed by atoms with Crippen LogP contribution in [0.1, 0.15) is 75.6 Å². The number of carbonyl (C=O) groups excluding carboxylic acids is 1. The van der Waals surface area contributed by atoms with E-state index in [2.05, 4.69) is 25.1 Å². The summed E-state index contributed by atoms with van der Waals surface area (Å²) < 4.78 is 5.83. The minimum atomic E-state index is -0.477. The molecule has 5 unspecified atom stereocenters. The number of nitrogens with zero attached hydrogens (tertiary/aromatic N) is 2. The predicted molar refractivity (Wildman–Crippen MR) is 124 cm³/mol. The number of benzene rings is 1. The molecule has 0 aliphatic heterocycles. The SMILES string of the molecule is C[C@]12CCC3C(CC=C4CC(OC(=O)c5ccc([N+](=O)[O-])cc5)CC[C@@]43C)C1CCC2N=O. The molecule has 0 spiro atoms. The quantitative estimate of drug-likeness (QED) is 0.178. The number of hydrogen-bond donors (Lipinski definition) is 0. The molecule has 4 aliphatic rings. The molecule has 0 saturated heterocycles. The second-order valence-electron chi connectivity index (χ2n) is 11.1. The van der Waals surface area contributed by atoms with Gasteiger partial charge in [-0.3, -0.25) is 10.1 Å². The molecule has 4 aliphatic carbocycles. The number of nitro groups is 1. The molecule has 7 heteroatoms. The largest absolute Gasteiger partial charge is 0.458 e. The molecule has 3 saturated carbocycles. The summed E-state index contributed by atoms with van der Waals surface area (Å²) in [5, 5.41) is 14.3. The summed E-state index contributed by atoms with van der Waals surface area (Å²) in [6, 6.07) is 5.56. The Labute approximate surface area is 194 Å². The Balaban J connectivity index is 1.29. The van der Waals surface area contributed by atoms with Crippen LogP contribution in [0.4, 0.5) is 5.69 Å². The van der Waals surface area contributed by atoms with Crippen LogP contribution in [0.2, 0.25) is 0 Å². The maximum Gasteiger partial charge on any atom is 0.338 e. The number of nitroso groups, excluding NO2 is 1. The first kappa shape index (κ1) is 22.2. The highest BCUT2D eigenvalue weighted by Gasteiger charge is 2.59. The average Bonchev–Trinajstić information content (AvgIpc) is 3.15. The second kappa shape index (κ2) is 8.03. The highest BCUT2D eigenvalue weighted by Crippen LogP contribution is 2.65. The highest BCUT2D eigenvalue weighted by atomic mass is 16.6. The van der Waals surface area contributed by atoms with Gasteiger partial charge in [-0.2, -0.15) is 4.91 Å². The minimum absolute atomic E-state index is 0.0313. The molecule has 176 valence electrons. The van der Waals surface area contributed by atoms with Crippen molar-refractivity contribution < 1.29 is 14.5 Å². The van der Waals surface area contributed by atoms with Crippen molar-refractivity contribution in [2.45, 2.75) is 77.4 Å². The third-order valence-corrected chi connectivity index (χ3v) is 9.72. The summed E-state index contributed by atoms with van der Waals surface area (Å²) in [6.07, 6.45) is 10.1. The summed E-state index contributed by atoms with van der Waals surface area (Å²) >= 11 is 0. The van der Waals surface area contributed by atoms with Gasteiger partial charge in [-0.05, 0) is 85.7 Å². The summed E-state index contributed by atoms with van der Waals surface area (Å²) in [4.78, 5) is 34.5. The fraction of sp³-hybridized carbons (Fsp3) is 0.654. The Morgan fingerprint density at radius 3 is 2.55 bits per heavy atom. The second-order valence-corrected chi connectivity index (χ2v) is 11.1. The van der Waals surface area contributed by atoms with E-state index in [1.165, 1.54) is 29.8 Å². The Morgan fingerprint density at radius 2 is 1.85 bits per heavy atom. The number of hydrogen-bond acceptors (Lipinski definition) is 6. The van der Waals surface area contributed by atoms with Gasteiger partial charge in [0.2, 0.25) is 0 Å². The zero-order chi connectivity index (χ0) is 23.4. The van der Waals surface area contributed by atoms with Crippen molar-refractivity contribution in [2.75, 3.05) is 0 Å². The average molecular weight is 453 g/mol. The molecule has 0 aromatic heterocycles. The molecule has 0 N–H and O–H groups in total. The number of rotatable bonds is 4. The highest BCUT2D eigenvalue weighted by molar-refractivity contribution is 5.89. The number of non-ortho nitro benzene ring substituents is 1. The standard InChI is InChI=1S/C26H32N2O5/c1-25-13-11-19(33-24(29)16-3-6-18(7-4-16)28(31)32)15-17(25)5-8-20-21-9-10-23(27-30)26(21,2)14-12-22(20)25/h3-7,19-23H,8-15H2,1-2H3/t19?,20?,21?,22?,23?,25-,26-/m0/s1. The van der Waals surface area contributed by atoms with E-state index in [-0.39, 0.29) is 28.7 Å². The van der Waals surface area contributed by atoms with Crippen LogP contribution in [-0.4, -0.2) is 23.0 Å². The maximum absolute atomic E-state index is 12.6. The van der Waals surface area contributed by atoms with Crippen molar-refractivity contribution in [3.63, 3.8) is 0 Å². The number of carbonyl (C=O) groups is 1. The fourth-order valence-electron chi connectivity index (χ4n) is 7.81. The molecule has 0 amide bonds. The van der Waals surface area contributed by atoms with Crippen LogP contribution in [0, 0.1) is 43.6 Å². The van der Waals surface area contributed by atoms with Gasteiger partial charge >= 0.3 is 5.97 Å². The van der Waals surface area contributed by atoms with E-state index in [4.69, 9.17) is 4.74 Å². The van der Waals surface area contributed by atoms with E-state index in [0.29, 0.717) is 23.3 Å². The first-order valence-electron chi connectivity index (χ1n) is 12.2. The first-order valence-corrected chi connectivity index (χ1v) is 12.2. The molecule has 1 aromatic rings. The zero-order valence-corrected chi connectivity index (χ0v) is 19.4. The number of esters is 1. The maximum atomic E-state index is 12.6. The van der Waals surface area contributed by atoms with Crippen molar-refractivity contribution in [3.05, 3.63) is 56.5 Å². The molecular formula is C26H32N2O5. The number of allylic oxidation sites excluding steroid dienone is 1. The van der Waals surface area contributed by atoms with Gasteiger partial charge in [0.05, 0.1) is 16.5 Å². The summed E-state index contributed by atoms with van der Waals surface area (Å²) in [6.45, 7) is 4.69. The van der Waals surface area contributed by atoms with Crippen molar-refractivity contribution in [2.24, 2.45) is 33.8 Å². The molecule has 7 nitrogen and oxygen atoms in total. The Morgan fingerprint density at radius 1 is 1.09 bits per heavy atom. The monoisotopic (exact) mass is 452 g/mol. The van der Waals surface area contributed by atoms with Crippen LogP contribution >= 0.6 is 0 Å². The molecule has 0 heterocycles. The third-order valence-electron chi connectivity index (χ3n) is 9.72. The van der Waals surface area contributed by atoms with Gasteiger partial charge in [0.25, 0.3) is 5.69 Å². The van der Waals surface area contributed by atoms with Crippen LogP contribution in [0.15, 0.2) is 41.1 Å². The number of ether oxygens (including phenoxy) is 1. The number of nitro benzene ring substituents is 1. The lowest BCUT2D eigenvalue weighted by atomic mass is 9.48. The summed E-state index contributed by atoms with van der Waals surface area (Å²) in [5.74, 6) is 1.39. The van der Waals surface area contributed by atoms with Gasteiger partial charge in [-0.25, -0.2) is 4.79 Å². The molecule has 7 atom stereocenters. The Hall–Kier alpha value is -2.57. The Bertz CT molecular complexity index is 1000. The van der Waals surface area contributed by atoms with Crippen molar-refractivity contribution in [3.8, 4) is 0 Å². The lowest BCUT2D eigenvalue weighted by Gasteiger charge is -2.57. The van der Waals surface area contributed by atoms with Gasteiger partial charge in [-0.15, -0.1) is 0 Å². The van der Waals surface area contributed by atoms with E-state index >= 15 is 0 Å². The lowest BCUT2D eigenvalue weighted by molar-refractivity contribution is -0.384. The predicted octanol–water partition coefficient (Wildman–Crippen LogP) is 6.22. The normalized spacial score (nSPS) is 39.5. The van der Waals surface area contributed by atoms with Gasteiger partial charge in [-0.1, -0.05) is 30.7 Å². The van der Waals surface area contributed by atoms with Crippen LogP contribution in [0.3, 0.4) is 0 Å². The molecule has 0 radical (unpaired) electrons. The van der Waals surface area contributed by atoms with Gasteiger partial charge in [0.1, 0.15) is 6.10 Å². The third kappa shape index (κ3) is 3.51. The van der Waals surface area contributed by atoms with Crippen molar-refractivity contribution >= 4 is 11.7 Å². The summed E-state index contributed by atoms with van der Waals surface area (Å²) in [5.41, 5.74) is 1.92. The van der Waals surface area contributed by atoms with Crippen LogP contribution < -0.4 is 0 Å². The van der Waals surface area contributed by atoms with Gasteiger partial charge in [0, 0.05) is 18.6 Å². The molecule has 33 heavy (non-hydrogen) atoms. The van der Waals surface area contributed by atoms with Crippen molar-refractivity contribution in [1.82, 2.24) is 0 Å². The van der Waals surface area contributed by atoms with Crippen LogP contribution in [0.25, 0.3) is 0 Å². The van der Waals surface area contributed by atoms with Gasteiger partial charge < -0.3 is 4.74 Å². The topological polar surface area (TPSA) is 98.9 Å². The summed E-state index contributed by atoms with van der Waals surface area (Å²) in [7, 11) is 0. The van der Waals surface area contributed by atoms with Crippen LogP contribution in [-0.2, 0) is 4.74 Å². The zero-order valence-electron chi connectivity index (χ0n) is 19.4. The van der Waals surface area contributed by atoms with E-state index in [1.807, 2.05) is 0 Å². The molecule has 5 rings (SSSR count). The molecule has 0 bridgehead atoms. The van der Waals surface area contributed by atoms with Crippen LogP contribution in [0.5, 0.6) is 0 Å².